The lowest BCUT2D eigenvalue weighted by atomic mass is 10.0. The maximum Gasteiger partial charge on any atom is 0.322 e. The highest BCUT2D eigenvalue weighted by Gasteiger charge is 2.24. The van der Waals surface area contributed by atoms with Crippen LogP contribution in [0.25, 0.3) is 11.4 Å². The number of likely N-dealkylation sites (tertiary alicyclic amines) is 1. The molecule has 1 aliphatic rings. The fraction of sp³-hybridized carbons (Fsp3) is 0.318. The molecule has 2 heterocycles. The van der Waals surface area contributed by atoms with Crippen molar-refractivity contribution in [1.82, 2.24) is 15.0 Å². The van der Waals surface area contributed by atoms with Crippen molar-refractivity contribution in [3.05, 3.63) is 59.7 Å². The molecule has 4 rings (SSSR count). The Bertz CT molecular complexity index is 976. The number of nitrogens with one attached hydrogen (secondary N) is 1. The Kier molecular flexibility index (Phi) is 5.46. The van der Waals surface area contributed by atoms with Crippen molar-refractivity contribution in [2.24, 2.45) is 0 Å². The van der Waals surface area contributed by atoms with Crippen molar-refractivity contribution >= 4 is 11.9 Å². The van der Waals surface area contributed by atoms with Gasteiger partial charge < -0.3 is 19.5 Å². The van der Waals surface area contributed by atoms with Crippen LogP contribution < -0.4 is 10.1 Å². The van der Waals surface area contributed by atoms with Crippen LogP contribution in [0.5, 0.6) is 5.75 Å². The normalized spacial score (nSPS) is 14.6. The minimum absolute atomic E-state index is 0.0848. The Balaban J connectivity index is 1.33. The van der Waals surface area contributed by atoms with Crippen LogP contribution in [0.15, 0.2) is 53.1 Å². The van der Waals surface area contributed by atoms with Crippen molar-refractivity contribution < 1.29 is 14.1 Å². The molecule has 1 fully saturated rings. The lowest BCUT2D eigenvalue weighted by Crippen LogP contribution is -2.42. The number of nitrogens with zero attached hydrogens (tertiary/aromatic N) is 3. The van der Waals surface area contributed by atoms with E-state index in [1.54, 1.807) is 7.11 Å². The summed E-state index contributed by atoms with van der Waals surface area (Å²) < 4.78 is 10.6. The molecule has 29 heavy (non-hydrogen) atoms. The summed E-state index contributed by atoms with van der Waals surface area (Å²) in [5.74, 6) is 1.34. The second-order valence-corrected chi connectivity index (χ2v) is 7.23. The largest absolute Gasteiger partial charge is 0.497 e. The summed E-state index contributed by atoms with van der Waals surface area (Å²) in [6, 6.07) is 15.8. The average Bonchev–Trinajstić information content (AvgIpc) is 3.23. The highest BCUT2D eigenvalue weighted by molar-refractivity contribution is 5.94. The first-order valence-corrected chi connectivity index (χ1v) is 9.73. The molecule has 1 aliphatic heterocycles. The zero-order valence-electron chi connectivity index (χ0n) is 16.6. The molecular weight excluding hydrogens is 368 g/mol. The van der Waals surface area contributed by atoms with Gasteiger partial charge in [-0.05, 0) is 44.0 Å². The highest BCUT2D eigenvalue weighted by Crippen LogP contribution is 2.23. The summed E-state index contributed by atoms with van der Waals surface area (Å²) in [5, 5.41) is 7.35. The van der Waals surface area contributed by atoms with E-state index in [-0.39, 0.29) is 11.9 Å². The number of hydrogen-bond donors (Lipinski definition) is 1. The van der Waals surface area contributed by atoms with Crippen LogP contribution in [-0.4, -0.2) is 47.2 Å². The number of methoxy groups -OCH3 is 1. The van der Waals surface area contributed by atoms with Crippen molar-refractivity contribution in [2.75, 3.05) is 25.5 Å². The Hall–Kier alpha value is -3.35. The summed E-state index contributed by atoms with van der Waals surface area (Å²) in [5.41, 5.74) is 2.72. The van der Waals surface area contributed by atoms with Crippen LogP contribution >= 0.6 is 0 Å². The SMILES string of the molecule is COc1cccc(-c2noc(NC3CCN(C(=O)c4ccc(C)cc4)CC3)n2)c1. The van der Waals surface area contributed by atoms with E-state index in [9.17, 15) is 4.79 Å². The molecule has 1 N–H and O–H groups in total. The van der Waals surface area contributed by atoms with Crippen LogP contribution in [0.1, 0.15) is 28.8 Å². The van der Waals surface area contributed by atoms with Crippen LogP contribution in [0, 0.1) is 6.92 Å². The van der Waals surface area contributed by atoms with Crippen molar-refractivity contribution in [3.8, 4) is 17.1 Å². The van der Waals surface area contributed by atoms with Gasteiger partial charge in [0.15, 0.2) is 0 Å². The third-order valence-electron chi connectivity index (χ3n) is 5.16. The van der Waals surface area contributed by atoms with E-state index in [2.05, 4.69) is 15.5 Å². The van der Waals surface area contributed by atoms with Crippen molar-refractivity contribution in [3.63, 3.8) is 0 Å². The third-order valence-corrected chi connectivity index (χ3v) is 5.16. The smallest absolute Gasteiger partial charge is 0.322 e. The minimum atomic E-state index is 0.0848. The Labute approximate surface area is 169 Å². The lowest BCUT2D eigenvalue weighted by molar-refractivity contribution is 0.0718. The number of hydrogen-bond acceptors (Lipinski definition) is 6. The fourth-order valence-electron chi connectivity index (χ4n) is 3.44. The molecule has 150 valence electrons. The van der Waals surface area contributed by atoms with Crippen LogP contribution in [-0.2, 0) is 0 Å². The zero-order chi connectivity index (χ0) is 20.2. The average molecular weight is 392 g/mol. The number of aromatic nitrogens is 2. The summed E-state index contributed by atoms with van der Waals surface area (Å²) in [4.78, 5) is 19.0. The molecule has 0 bridgehead atoms. The predicted molar refractivity (Wildman–Crippen MR) is 110 cm³/mol. The maximum atomic E-state index is 12.6. The fourth-order valence-corrected chi connectivity index (χ4v) is 3.44. The number of ether oxygens (including phenoxy) is 1. The molecule has 1 saturated heterocycles. The molecule has 0 aliphatic carbocycles. The van der Waals surface area contributed by atoms with Gasteiger partial charge in [0.25, 0.3) is 5.91 Å². The maximum absolute atomic E-state index is 12.6. The van der Waals surface area contributed by atoms with Crippen LogP contribution in [0.2, 0.25) is 0 Å². The van der Waals surface area contributed by atoms with Crippen LogP contribution in [0.3, 0.4) is 0 Å². The third kappa shape index (κ3) is 4.39. The molecule has 0 spiro atoms. The molecular formula is C22H24N4O3. The molecule has 0 saturated carbocycles. The molecule has 0 atom stereocenters. The monoisotopic (exact) mass is 392 g/mol. The first kappa shape index (κ1) is 19.0. The Morgan fingerprint density at radius 1 is 1.17 bits per heavy atom. The summed E-state index contributed by atoms with van der Waals surface area (Å²) >= 11 is 0. The van der Waals surface area contributed by atoms with Gasteiger partial charge in [0.2, 0.25) is 5.82 Å². The highest BCUT2D eigenvalue weighted by atomic mass is 16.5. The number of carbonyl (C=O) groups is 1. The van der Waals surface area contributed by atoms with Gasteiger partial charge in [-0.25, -0.2) is 0 Å². The van der Waals surface area contributed by atoms with E-state index in [0.717, 1.165) is 35.3 Å². The van der Waals surface area contributed by atoms with Gasteiger partial charge >= 0.3 is 6.01 Å². The van der Waals surface area contributed by atoms with E-state index >= 15 is 0 Å². The van der Waals surface area contributed by atoms with E-state index in [4.69, 9.17) is 9.26 Å². The number of benzene rings is 2. The topological polar surface area (TPSA) is 80.5 Å². The van der Waals surface area contributed by atoms with Crippen LogP contribution in [0.4, 0.5) is 6.01 Å². The van der Waals surface area contributed by atoms with Crippen molar-refractivity contribution in [1.29, 1.82) is 0 Å². The van der Waals surface area contributed by atoms with Gasteiger partial charge in [0, 0.05) is 30.3 Å². The van der Waals surface area contributed by atoms with E-state index < -0.39 is 0 Å². The van der Waals surface area contributed by atoms with E-state index in [0.29, 0.717) is 24.9 Å². The Morgan fingerprint density at radius 2 is 1.93 bits per heavy atom. The molecule has 0 radical (unpaired) electrons. The predicted octanol–water partition coefficient (Wildman–Crippen LogP) is 3.77. The lowest BCUT2D eigenvalue weighted by Gasteiger charge is -2.32. The molecule has 7 heteroatoms. The van der Waals surface area contributed by atoms with E-state index in [1.165, 1.54) is 0 Å². The number of aryl methyl sites for hydroxylation is 1. The Morgan fingerprint density at radius 3 is 2.66 bits per heavy atom. The molecule has 2 aromatic carbocycles. The second-order valence-electron chi connectivity index (χ2n) is 7.23. The van der Waals surface area contributed by atoms with Crippen molar-refractivity contribution in [2.45, 2.75) is 25.8 Å². The van der Waals surface area contributed by atoms with Gasteiger partial charge in [-0.3, -0.25) is 4.79 Å². The molecule has 1 amide bonds. The number of piperidine rings is 1. The minimum Gasteiger partial charge on any atom is -0.497 e. The summed E-state index contributed by atoms with van der Waals surface area (Å²) in [7, 11) is 1.62. The van der Waals surface area contributed by atoms with Gasteiger partial charge in [-0.15, -0.1) is 0 Å². The first-order valence-electron chi connectivity index (χ1n) is 9.73. The quantitative estimate of drug-likeness (QED) is 0.712. The summed E-state index contributed by atoms with van der Waals surface area (Å²) in [6.45, 7) is 3.41. The van der Waals surface area contributed by atoms with Gasteiger partial charge in [0.1, 0.15) is 5.75 Å². The zero-order valence-corrected chi connectivity index (χ0v) is 16.6. The number of carbonyl (C=O) groups excluding carboxylic acids is 1. The number of amides is 1. The summed E-state index contributed by atoms with van der Waals surface area (Å²) in [6.07, 6.45) is 1.66. The van der Waals surface area contributed by atoms with Gasteiger partial charge in [0.05, 0.1) is 7.11 Å². The number of anilines is 1. The second kappa shape index (κ2) is 8.34. The molecule has 7 nitrogen and oxygen atoms in total. The molecule has 3 aromatic rings. The first-order chi connectivity index (χ1) is 14.1. The van der Waals surface area contributed by atoms with Gasteiger partial charge in [-0.2, -0.15) is 4.98 Å². The standard InChI is InChI=1S/C22H24N4O3/c1-15-6-8-16(9-7-15)21(27)26-12-10-18(11-13-26)23-22-24-20(25-29-22)17-4-3-5-19(14-17)28-2/h3-9,14,18H,10-13H2,1-2H3,(H,23,24,25). The molecule has 0 unspecified atom stereocenters. The molecule has 1 aromatic heterocycles. The number of rotatable bonds is 5. The van der Waals surface area contributed by atoms with Gasteiger partial charge in [-0.1, -0.05) is 35.0 Å². The van der Waals surface area contributed by atoms with E-state index in [1.807, 2.05) is 60.4 Å².